The topological polar surface area (TPSA) is 53.2 Å². The van der Waals surface area contributed by atoms with E-state index in [4.69, 9.17) is 0 Å². The van der Waals surface area contributed by atoms with E-state index in [2.05, 4.69) is 28.3 Å². The van der Waals surface area contributed by atoms with Crippen LogP contribution in [0, 0.1) is 5.92 Å². The molecule has 0 saturated carbocycles. The highest BCUT2D eigenvalue weighted by molar-refractivity contribution is 5.85. The highest BCUT2D eigenvalue weighted by Crippen LogP contribution is 2.28. The molecule has 1 saturated heterocycles. The van der Waals surface area contributed by atoms with Gasteiger partial charge in [-0.1, -0.05) is 25.0 Å². The Kier molecular flexibility index (Phi) is 2.89. The number of amides is 1. The number of carbonyl (C=O) groups is 1. The molecule has 1 aliphatic carbocycles. The third-order valence-electron chi connectivity index (χ3n) is 3.90. The van der Waals surface area contributed by atoms with E-state index >= 15 is 0 Å². The minimum Gasteiger partial charge on any atom is -0.309 e. The molecule has 17 heavy (non-hydrogen) atoms. The third kappa shape index (κ3) is 1.97. The molecule has 0 aromatic rings. The lowest BCUT2D eigenvalue weighted by Crippen LogP contribution is -2.42. The van der Waals surface area contributed by atoms with Gasteiger partial charge in [0.25, 0.3) is 0 Å². The predicted molar refractivity (Wildman–Crippen MR) is 65.8 cm³/mol. The molecule has 3 aliphatic rings. The van der Waals surface area contributed by atoms with E-state index in [-0.39, 0.29) is 11.8 Å². The highest BCUT2D eigenvalue weighted by Gasteiger charge is 2.36. The van der Waals surface area contributed by atoms with Crippen molar-refractivity contribution in [3.8, 4) is 0 Å². The highest BCUT2D eigenvalue weighted by atomic mass is 16.2. The fraction of sp³-hybridized carbons (Fsp3) is 0.615. The van der Waals surface area contributed by atoms with Crippen molar-refractivity contribution < 1.29 is 4.79 Å². The Morgan fingerprint density at radius 3 is 3.06 bits per heavy atom. The van der Waals surface area contributed by atoms with Crippen LogP contribution in [-0.2, 0) is 4.79 Å². The van der Waals surface area contributed by atoms with Gasteiger partial charge < -0.3 is 10.7 Å². The van der Waals surface area contributed by atoms with Gasteiger partial charge in [-0.25, -0.2) is 0 Å². The smallest absolute Gasteiger partial charge is 0.248 e. The van der Waals surface area contributed by atoms with E-state index < -0.39 is 0 Å². The maximum Gasteiger partial charge on any atom is 0.248 e. The van der Waals surface area contributed by atoms with Crippen LogP contribution in [0.25, 0.3) is 0 Å². The third-order valence-corrected chi connectivity index (χ3v) is 3.90. The van der Waals surface area contributed by atoms with Crippen LogP contribution in [0.15, 0.2) is 23.4 Å². The number of hydrazine groups is 1. The van der Waals surface area contributed by atoms with Crippen LogP contribution in [0.4, 0.5) is 0 Å². The number of hydrogen-bond acceptors (Lipinski definition) is 3. The summed E-state index contributed by atoms with van der Waals surface area (Å²) >= 11 is 0. The van der Waals surface area contributed by atoms with Gasteiger partial charge in [-0.05, 0) is 24.8 Å². The van der Waals surface area contributed by atoms with E-state index in [0.717, 1.165) is 18.7 Å². The van der Waals surface area contributed by atoms with Gasteiger partial charge in [-0.3, -0.25) is 10.2 Å². The summed E-state index contributed by atoms with van der Waals surface area (Å²) < 4.78 is 0. The molecule has 1 fully saturated rings. The molecule has 0 radical (unpaired) electrons. The second kappa shape index (κ2) is 4.53. The Balaban J connectivity index is 1.94. The second-order valence-corrected chi connectivity index (χ2v) is 5.04. The second-order valence-electron chi connectivity index (χ2n) is 5.04. The molecule has 3 rings (SSSR count). The van der Waals surface area contributed by atoms with Crippen LogP contribution in [-0.4, -0.2) is 18.5 Å². The maximum atomic E-state index is 11.6. The Labute approximate surface area is 102 Å². The van der Waals surface area contributed by atoms with E-state index in [9.17, 15) is 4.79 Å². The molecule has 0 bridgehead atoms. The van der Waals surface area contributed by atoms with Crippen molar-refractivity contribution in [2.24, 2.45) is 5.92 Å². The summed E-state index contributed by atoms with van der Waals surface area (Å²) in [7, 11) is 0. The van der Waals surface area contributed by atoms with Crippen LogP contribution in [0.1, 0.15) is 32.1 Å². The lowest BCUT2D eigenvalue weighted by molar-refractivity contribution is -0.122. The van der Waals surface area contributed by atoms with Gasteiger partial charge >= 0.3 is 0 Å². The van der Waals surface area contributed by atoms with Crippen molar-refractivity contribution in [3.63, 3.8) is 0 Å². The van der Waals surface area contributed by atoms with Gasteiger partial charge in [-0.15, -0.1) is 0 Å². The van der Waals surface area contributed by atoms with Crippen LogP contribution >= 0.6 is 0 Å². The zero-order chi connectivity index (χ0) is 11.7. The molecule has 3 N–H and O–H groups in total. The maximum absolute atomic E-state index is 11.6. The van der Waals surface area contributed by atoms with Crippen LogP contribution in [0.2, 0.25) is 0 Å². The summed E-state index contributed by atoms with van der Waals surface area (Å²) in [6.07, 6.45) is 10.6. The first-order valence-corrected chi connectivity index (χ1v) is 6.56. The molecule has 4 heteroatoms. The lowest BCUT2D eigenvalue weighted by Gasteiger charge is -2.28. The van der Waals surface area contributed by atoms with Crippen molar-refractivity contribution in [2.75, 3.05) is 6.54 Å². The largest absolute Gasteiger partial charge is 0.309 e. The molecule has 2 atom stereocenters. The Bertz CT molecular complexity index is 386. The number of allylic oxidation sites excluding steroid dienone is 1. The van der Waals surface area contributed by atoms with Gasteiger partial charge in [0, 0.05) is 12.6 Å². The summed E-state index contributed by atoms with van der Waals surface area (Å²) in [5.74, 6) is 0.0679. The summed E-state index contributed by atoms with van der Waals surface area (Å²) in [5, 5.41) is 3.51. The summed E-state index contributed by atoms with van der Waals surface area (Å²) in [6, 6.07) is 0.413. The van der Waals surface area contributed by atoms with Gasteiger partial charge in [0.05, 0.1) is 11.6 Å². The monoisotopic (exact) mass is 233 g/mol. The van der Waals surface area contributed by atoms with Gasteiger partial charge in [0.15, 0.2) is 0 Å². The molecule has 92 valence electrons. The van der Waals surface area contributed by atoms with Crippen molar-refractivity contribution in [3.05, 3.63) is 23.4 Å². The summed E-state index contributed by atoms with van der Waals surface area (Å²) in [6.45, 7) is 0.760. The number of rotatable bonds is 0. The fourth-order valence-corrected chi connectivity index (χ4v) is 2.92. The molecule has 0 spiro atoms. The predicted octanol–water partition coefficient (Wildman–Crippen LogP) is 0.983. The van der Waals surface area contributed by atoms with E-state index in [0.29, 0.717) is 6.04 Å². The molecule has 1 amide bonds. The Morgan fingerprint density at radius 2 is 2.12 bits per heavy atom. The quantitative estimate of drug-likeness (QED) is 0.584. The first kappa shape index (κ1) is 10.8. The molecule has 0 aromatic carbocycles. The minimum absolute atomic E-state index is 0.0216. The standard InChI is InChI=1S/C13H19N3O/c17-13-10-8-14-11-7-5-3-1-2-4-6-9(11)12(10)15-16-13/h4,6,10-11,14-15H,1-3,5,7-8H2,(H,16,17). The van der Waals surface area contributed by atoms with Crippen molar-refractivity contribution in [1.82, 2.24) is 16.2 Å². The summed E-state index contributed by atoms with van der Waals surface area (Å²) in [4.78, 5) is 11.6. The average molecular weight is 233 g/mol. The van der Waals surface area contributed by atoms with Crippen LogP contribution in [0.3, 0.4) is 0 Å². The molecule has 0 aromatic heterocycles. The Hall–Kier alpha value is -1.29. The number of carbonyl (C=O) groups excluding carboxylic acids is 1. The zero-order valence-corrected chi connectivity index (χ0v) is 9.96. The van der Waals surface area contributed by atoms with Crippen molar-refractivity contribution in [1.29, 1.82) is 0 Å². The van der Waals surface area contributed by atoms with Gasteiger partial charge in [-0.2, -0.15) is 0 Å². The molecular weight excluding hydrogens is 214 g/mol. The molecule has 2 heterocycles. The van der Waals surface area contributed by atoms with Gasteiger partial charge in [0.1, 0.15) is 0 Å². The zero-order valence-electron chi connectivity index (χ0n) is 9.96. The minimum atomic E-state index is -0.0216. The molecule has 2 unspecified atom stereocenters. The summed E-state index contributed by atoms with van der Waals surface area (Å²) in [5.41, 5.74) is 8.16. The van der Waals surface area contributed by atoms with Crippen molar-refractivity contribution >= 4 is 5.91 Å². The molecule has 2 aliphatic heterocycles. The molecular formula is C13H19N3O. The van der Waals surface area contributed by atoms with E-state index in [1.165, 1.54) is 31.3 Å². The lowest BCUT2D eigenvalue weighted by atomic mass is 9.89. The normalized spacial score (nSPS) is 32.8. The average Bonchev–Trinajstić information content (AvgIpc) is 2.75. The number of fused-ring (bicyclic) bond motifs is 2. The van der Waals surface area contributed by atoms with Crippen LogP contribution in [0.5, 0.6) is 0 Å². The Morgan fingerprint density at radius 1 is 1.18 bits per heavy atom. The molecule has 4 nitrogen and oxygen atoms in total. The fourth-order valence-electron chi connectivity index (χ4n) is 2.92. The van der Waals surface area contributed by atoms with Crippen molar-refractivity contribution in [2.45, 2.75) is 38.1 Å². The van der Waals surface area contributed by atoms with Gasteiger partial charge in [0.2, 0.25) is 5.91 Å². The SMILES string of the molecule is O=C1NNC2=C3C=CCCCCCC3NCC12. The first-order valence-electron chi connectivity index (χ1n) is 6.56. The first-order chi connectivity index (χ1) is 8.36. The van der Waals surface area contributed by atoms with E-state index in [1.54, 1.807) is 0 Å². The number of nitrogens with one attached hydrogen (secondary N) is 3. The van der Waals surface area contributed by atoms with E-state index in [1.807, 2.05) is 0 Å². The number of hydrogen-bond donors (Lipinski definition) is 3. The van der Waals surface area contributed by atoms with Crippen LogP contribution < -0.4 is 16.2 Å².